The fourth-order valence-electron chi connectivity index (χ4n) is 3.95. The van der Waals surface area contributed by atoms with Crippen molar-refractivity contribution in [3.8, 4) is 0 Å². The summed E-state index contributed by atoms with van der Waals surface area (Å²) in [5.41, 5.74) is 0. The number of carbonyl (C=O) groups excluding carboxylic acids is 1. The number of likely N-dealkylation sites (tertiary alicyclic amines) is 1. The van der Waals surface area contributed by atoms with Crippen LogP contribution in [0.1, 0.15) is 38.5 Å². The maximum Gasteiger partial charge on any atom is 0.243 e. The molecule has 0 radical (unpaired) electrons. The number of likely N-dealkylation sites (N-methyl/N-ethyl adjacent to an activating group) is 1. The Morgan fingerprint density at radius 2 is 1.97 bits per heavy atom. The van der Waals surface area contributed by atoms with Gasteiger partial charge in [0.2, 0.25) is 5.91 Å². The van der Waals surface area contributed by atoms with Gasteiger partial charge < -0.3 is 29.3 Å². The lowest BCUT2D eigenvalue weighted by Crippen LogP contribution is -2.48. The van der Waals surface area contributed by atoms with E-state index < -0.39 is 0 Å². The summed E-state index contributed by atoms with van der Waals surface area (Å²) in [5, 5.41) is 3.49. The van der Waals surface area contributed by atoms with Gasteiger partial charge in [0, 0.05) is 52.9 Å². The number of rotatable bonds is 7. The Morgan fingerprint density at radius 1 is 1.17 bits per heavy atom. The Hall–Kier alpha value is -0.650. The molecule has 1 N–H and O–H groups in total. The molecule has 0 aromatic carbocycles. The number of nitrogens with one attached hydrogen (secondary N) is 1. The monoisotopic (exact) mass is 538 g/mol. The number of guanidine groups is 1. The van der Waals surface area contributed by atoms with Crippen LogP contribution >= 0.6 is 24.0 Å². The van der Waals surface area contributed by atoms with E-state index in [4.69, 9.17) is 14.2 Å². The van der Waals surface area contributed by atoms with Crippen LogP contribution in [0.2, 0.25) is 0 Å². The van der Waals surface area contributed by atoms with Gasteiger partial charge in [-0.25, -0.2) is 4.99 Å². The van der Waals surface area contributed by atoms with E-state index in [1.165, 1.54) is 12.8 Å². The summed E-state index contributed by atoms with van der Waals surface area (Å²) >= 11 is 0. The first-order chi connectivity index (χ1) is 14.1. The van der Waals surface area contributed by atoms with E-state index in [1.54, 1.807) is 19.0 Å². The molecule has 1 amide bonds. The first kappa shape index (κ1) is 25.6. The predicted molar refractivity (Wildman–Crippen MR) is 127 cm³/mol. The molecule has 9 heteroatoms. The normalized spacial score (nSPS) is 25.7. The van der Waals surface area contributed by atoms with Crippen molar-refractivity contribution in [1.29, 1.82) is 0 Å². The molecule has 0 spiro atoms. The van der Waals surface area contributed by atoms with Gasteiger partial charge in [-0.1, -0.05) is 0 Å². The number of hydrogen-bond acceptors (Lipinski definition) is 5. The molecule has 2 atom stereocenters. The molecule has 0 aromatic rings. The van der Waals surface area contributed by atoms with Gasteiger partial charge in [-0.3, -0.25) is 4.79 Å². The number of piperidine rings is 1. The van der Waals surface area contributed by atoms with Crippen molar-refractivity contribution in [3.63, 3.8) is 0 Å². The van der Waals surface area contributed by atoms with E-state index >= 15 is 0 Å². The Balaban J connectivity index is 0.00000320. The highest BCUT2D eigenvalue weighted by Gasteiger charge is 2.25. The van der Waals surface area contributed by atoms with Crippen molar-refractivity contribution in [2.75, 3.05) is 66.7 Å². The van der Waals surface area contributed by atoms with Crippen LogP contribution in [0.25, 0.3) is 0 Å². The zero-order chi connectivity index (χ0) is 20.5. The zero-order valence-electron chi connectivity index (χ0n) is 18.5. The van der Waals surface area contributed by atoms with Gasteiger partial charge in [0.25, 0.3) is 0 Å². The Kier molecular flexibility index (Phi) is 11.7. The van der Waals surface area contributed by atoms with Gasteiger partial charge in [0.1, 0.15) is 6.54 Å². The van der Waals surface area contributed by atoms with Crippen molar-refractivity contribution >= 4 is 35.8 Å². The third kappa shape index (κ3) is 8.47. The largest absolute Gasteiger partial charge is 0.381 e. The van der Waals surface area contributed by atoms with Crippen LogP contribution in [-0.4, -0.2) is 101 Å². The summed E-state index contributed by atoms with van der Waals surface area (Å²) < 4.78 is 17.4. The first-order valence-electron chi connectivity index (χ1n) is 11.2. The lowest BCUT2D eigenvalue weighted by molar-refractivity contribution is -0.127. The van der Waals surface area contributed by atoms with Gasteiger partial charge >= 0.3 is 0 Å². The molecule has 8 nitrogen and oxygen atoms in total. The fraction of sp³-hybridized carbons (Fsp3) is 0.905. The quantitative estimate of drug-likeness (QED) is 0.303. The van der Waals surface area contributed by atoms with Crippen molar-refractivity contribution in [3.05, 3.63) is 0 Å². The smallest absolute Gasteiger partial charge is 0.243 e. The van der Waals surface area contributed by atoms with Crippen molar-refractivity contribution < 1.29 is 19.0 Å². The van der Waals surface area contributed by atoms with E-state index in [1.807, 2.05) is 0 Å². The highest BCUT2D eigenvalue weighted by atomic mass is 127. The molecule has 3 aliphatic heterocycles. The molecule has 2 unspecified atom stereocenters. The predicted octanol–water partition coefficient (Wildman–Crippen LogP) is 1.72. The van der Waals surface area contributed by atoms with Crippen LogP contribution in [0.3, 0.4) is 0 Å². The maximum absolute atomic E-state index is 12.0. The van der Waals surface area contributed by atoms with E-state index in [2.05, 4.69) is 15.2 Å². The minimum Gasteiger partial charge on any atom is -0.381 e. The molecule has 3 heterocycles. The molecule has 0 aliphatic carbocycles. The third-order valence-corrected chi connectivity index (χ3v) is 5.97. The number of ether oxygens (including phenoxy) is 3. The van der Waals surface area contributed by atoms with Gasteiger partial charge in [0.15, 0.2) is 5.96 Å². The van der Waals surface area contributed by atoms with E-state index in [0.717, 1.165) is 71.1 Å². The minimum absolute atomic E-state index is 0. The molecule has 3 fully saturated rings. The van der Waals surface area contributed by atoms with Crippen LogP contribution in [0, 0.1) is 5.92 Å². The van der Waals surface area contributed by atoms with Crippen molar-refractivity contribution in [2.24, 2.45) is 10.9 Å². The molecule has 3 rings (SSSR count). The second-order valence-corrected chi connectivity index (χ2v) is 8.55. The second-order valence-electron chi connectivity index (χ2n) is 8.55. The van der Waals surface area contributed by atoms with Crippen LogP contribution in [0.4, 0.5) is 0 Å². The zero-order valence-corrected chi connectivity index (χ0v) is 20.8. The lowest BCUT2D eigenvalue weighted by Gasteiger charge is -2.35. The maximum atomic E-state index is 12.0. The second kappa shape index (κ2) is 13.7. The number of hydrogen-bond donors (Lipinski definition) is 1. The third-order valence-electron chi connectivity index (χ3n) is 5.97. The summed E-state index contributed by atoms with van der Waals surface area (Å²) in [6.45, 7) is 6.01. The fourth-order valence-corrected chi connectivity index (χ4v) is 3.95. The van der Waals surface area contributed by atoms with Crippen LogP contribution < -0.4 is 5.32 Å². The topological polar surface area (TPSA) is 75.6 Å². The summed E-state index contributed by atoms with van der Waals surface area (Å²) in [4.78, 5) is 20.5. The summed E-state index contributed by atoms with van der Waals surface area (Å²) in [6.07, 6.45) is 7.11. The highest BCUT2D eigenvalue weighted by molar-refractivity contribution is 14.0. The lowest BCUT2D eigenvalue weighted by atomic mass is 10.1. The number of aliphatic imine (C=N–C) groups is 1. The highest BCUT2D eigenvalue weighted by Crippen LogP contribution is 2.18. The molecule has 3 aliphatic rings. The molecule has 0 saturated carbocycles. The van der Waals surface area contributed by atoms with E-state index in [-0.39, 0.29) is 48.6 Å². The van der Waals surface area contributed by atoms with E-state index in [0.29, 0.717) is 12.5 Å². The molecule has 3 saturated heterocycles. The number of amides is 1. The van der Waals surface area contributed by atoms with Crippen molar-refractivity contribution in [1.82, 2.24) is 15.1 Å². The Labute approximate surface area is 198 Å². The van der Waals surface area contributed by atoms with Crippen LogP contribution in [0.5, 0.6) is 0 Å². The molecule has 30 heavy (non-hydrogen) atoms. The summed E-state index contributed by atoms with van der Waals surface area (Å²) in [7, 11) is 3.53. The number of carbonyl (C=O) groups is 1. The number of halogens is 1. The van der Waals surface area contributed by atoms with Gasteiger partial charge in [-0.15, -0.1) is 24.0 Å². The van der Waals surface area contributed by atoms with Gasteiger partial charge in [0.05, 0.1) is 25.4 Å². The SMILES string of the molecule is CN(C)C(=O)CN=C(NCC1CCOC1)N1CCC(OCC2CCCCO2)CC1.I. The Bertz CT molecular complexity index is 529. The molecule has 0 aromatic heterocycles. The van der Waals surface area contributed by atoms with Crippen LogP contribution in [0.15, 0.2) is 4.99 Å². The Morgan fingerprint density at radius 3 is 2.60 bits per heavy atom. The standard InChI is InChI=1S/C21H38N4O4.HI/c1-24(2)20(26)14-23-21(22-13-17-8-12-27-15-17)25-9-6-18(7-10-25)29-16-19-5-3-4-11-28-19;/h17-19H,3-16H2,1-2H3,(H,22,23);1H. The molecular formula is C21H39IN4O4. The van der Waals surface area contributed by atoms with Crippen LogP contribution in [-0.2, 0) is 19.0 Å². The summed E-state index contributed by atoms with van der Waals surface area (Å²) in [6, 6.07) is 0. The van der Waals surface area contributed by atoms with Gasteiger partial charge in [-0.2, -0.15) is 0 Å². The number of nitrogens with zero attached hydrogens (tertiary/aromatic N) is 3. The summed E-state index contributed by atoms with van der Waals surface area (Å²) in [5.74, 6) is 1.36. The average Bonchev–Trinajstić information content (AvgIpc) is 3.27. The first-order valence-corrected chi connectivity index (χ1v) is 11.2. The molecule has 174 valence electrons. The van der Waals surface area contributed by atoms with Gasteiger partial charge in [-0.05, 0) is 38.5 Å². The molecule has 0 bridgehead atoms. The average molecular weight is 538 g/mol. The molecular weight excluding hydrogens is 499 g/mol. The minimum atomic E-state index is 0. The van der Waals surface area contributed by atoms with Crippen molar-refractivity contribution in [2.45, 2.75) is 50.7 Å². The van der Waals surface area contributed by atoms with E-state index in [9.17, 15) is 4.79 Å².